The predicted molar refractivity (Wildman–Crippen MR) is 134 cm³/mol. The molecule has 37 heavy (non-hydrogen) atoms. The van der Waals surface area contributed by atoms with Crippen molar-refractivity contribution in [1.82, 2.24) is 15.2 Å². The second-order valence-electron chi connectivity index (χ2n) is 10.2. The standard InChI is InChI=1S/C28H29N5O4/c29-16-23-28(37-26(31-23)24-2-1-15-36-24)32-13-11-20(12-14-32)27(35)33(22-9-10-22)17-18-3-5-19(6-4-18)25(34)30-21-7-8-21/h1-6,15,20-22H,7-14,17H2,(H,30,34). The van der Waals surface area contributed by atoms with Crippen molar-refractivity contribution in [3.8, 4) is 17.7 Å². The van der Waals surface area contributed by atoms with Crippen molar-refractivity contribution < 1.29 is 18.4 Å². The van der Waals surface area contributed by atoms with Crippen LogP contribution in [0, 0.1) is 17.2 Å². The molecule has 9 nitrogen and oxygen atoms in total. The van der Waals surface area contributed by atoms with Crippen molar-refractivity contribution in [2.45, 2.75) is 57.2 Å². The van der Waals surface area contributed by atoms with Gasteiger partial charge >= 0.3 is 0 Å². The second kappa shape index (κ2) is 9.77. The minimum absolute atomic E-state index is 0.0291. The number of carbonyl (C=O) groups excluding carboxylic acids is 2. The van der Waals surface area contributed by atoms with Crippen LogP contribution >= 0.6 is 0 Å². The first-order valence-electron chi connectivity index (χ1n) is 13.0. The molecule has 3 heterocycles. The van der Waals surface area contributed by atoms with Gasteiger partial charge in [-0.15, -0.1) is 0 Å². The fraction of sp³-hybridized carbons (Fsp3) is 0.429. The molecule has 2 amide bonds. The van der Waals surface area contributed by atoms with Gasteiger partial charge in [0.1, 0.15) is 6.07 Å². The molecule has 1 saturated heterocycles. The summed E-state index contributed by atoms with van der Waals surface area (Å²) < 4.78 is 11.2. The average Bonchev–Trinajstić information content (AvgIpc) is 3.84. The van der Waals surface area contributed by atoms with Crippen molar-refractivity contribution in [1.29, 1.82) is 5.26 Å². The number of furan rings is 1. The lowest BCUT2D eigenvalue weighted by Gasteiger charge is -2.34. The van der Waals surface area contributed by atoms with Crippen LogP contribution in [0.5, 0.6) is 0 Å². The molecule has 0 bridgehead atoms. The third-order valence-corrected chi connectivity index (χ3v) is 7.33. The zero-order chi connectivity index (χ0) is 25.4. The molecule has 3 fully saturated rings. The number of benzene rings is 1. The van der Waals surface area contributed by atoms with Crippen molar-refractivity contribution in [3.63, 3.8) is 0 Å². The highest BCUT2D eigenvalue weighted by molar-refractivity contribution is 5.94. The number of nitrogens with one attached hydrogen (secondary N) is 1. The highest BCUT2D eigenvalue weighted by atomic mass is 16.4. The Labute approximate surface area is 215 Å². The minimum Gasteiger partial charge on any atom is -0.459 e. The summed E-state index contributed by atoms with van der Waals surface area (Å²) in [5.74, 6) is 1.28. The van der Waals surface area contributed by atoms with Crippen LogP contribution < -0.4 is 10.2 Å². The first-order chi connectivity index (χ1) is 18.1. The van der Waals surface area contributed by atoms with E-state index in [-0.39, 0.29) is 29.3 Å². The number of rotatable bonds is 8. The van der Waals surface area contributed by atoms with Gasteiger partial charge < -0.3 is 24.0 Å². The van der Waals surface area contributed by atoms with Crippen LogP contribution in [0.4, 0.5) is 5.88 Å². The Kier molecular flexibility index (Phi) is 6.16. The smallest absolute Gasteiger partial charge is 0.266 e. The number of oxazole rings is 1. The Balaban J connectivity index is 1.08. The molecule has 3 aliphatic rings. The number of amides is 2. The highest BCUT2D eigenvalue weighted by Crippen LogP contribution is 2.34. The van der Waals surface area contributed by atoms with Gasteiger partial charge in [0.2, 0.25) is 17.5 Å². The third kappa shape index (κ3) is 5.10. The molecule has 0 atom stereocenters. The van der Waals surface area contributed by atoms with E-state index in [1.54, 1.807) is 12.1 Å². The molecular formula is C28H29N5O4. The van der Waals surface area contributed by atoms with Gasteiger partial charge in [-0.3, -0.25) is 9.59 Å². The normalized spacial score (nSPS) is 17.9. The van der Waals surface area contributed by atoms with Gasteiger partial charge in [-0.25, -0.2) is 0 Å². The predicted octanol–water partition coefficient (Wildman–Crippen LogP) is 4.11. The van der Waals surface area contributed by atoms with Gasteiger partial charge in [0.15, 0.2) is 5.76 Å². The maximum absolute atomic E-state index is 13.6. The zero-order valence-electron chi connectivity index (χ0n) is 20.6. The molecule has 0 radical (unpaired) electrons. The molecule has 2 aromatic heterocycles. The number of anilines is 1. The topological polar surface area (TPSA) is 116 Å². The molecule has 0 spiro atoms. The number of aromatic nitrogens is 1. The lowest BCUT2D eigenvalue weighted by atomic mass is 9.94. The SMILES string of the molecule is N#Cc1nc(-c2ccco2)oc1N1CCC(C(=O)N(Cc2ccc(C(=O)NC3CC3)cc2)C2CC2)CC1. The first kappa shape index (κ1) is 23.3. The van der Waals surface area contributed by atoms with Gasteiger partial charge in [-0.2, -0.15) is 10.2 Å². The summed E-state index contributed by atoms with van der Waals surface area (Å²) in [7, 11) is 0. The molecule has 3 aromatic rings. The van der Waals surface area contributed by atoms with Crippen LogP contribution in [-0.2, 0) is 11.3 Å². The van der Waals surface area contributed by atoms with Crippen LogP contribution in [-0.4, -0.2) is 46.9 Å². The Morgan fingerprint density at radius 2 is 1.84 bits per heavy atom. The summed E-state index contributed by atoms with van der Waals surface area (Å²) in [6.45, 7) is 1.78. The summed E-state index contributed by atoms with van der Waals surface area (Å²) >= 11 is 0. The van der Waals surface area contributed by atoms with Crippen LogP contribution in [0.2, 0.25) is 0 Å². The molecule has 1 N–H and O–H groups in total. The maximum Gasteiger partial charge on any atom is 0.266 e. The summed E-state index contributed by atoms with van der Waals surface area (Å²) in [5.41, 5.74) is 1.92. The molecule has 2 saturated carbocycles. The van der Waals surface area contributed by atoms with Crippen molar-refractivity contribution in [2.75, 3.05) is 18.0 Å². The van der Waals surface area contributed by atoms with E-state index in [0.29, 0.717) is 61.8 Å². The first-order valence-corrected chi connectivity index (χ1v) is 13.0. The number of nitrogens with zero attached hydrogens (tertiary/aromatic N) is 4. The van der Waals surface area contributed by atoms with E-state index in [9.17, 15) is 14.9 Å². The van der Waals surface area contributed by atoms with E-state index in [1.165, 1.54) is 6.26 Å². The van der Waals surface area contributed by atoms with Gasteiger partial charge in [0.25, 0.3) is 11.8 Å². The van der Waals surface area contributed by atoms with E-state index >= 15 is 0 Å². The molecule has 0 unspecified atom stereocenters. The largest absolute Gasteiger partial charge is 0.459 e. The Bertz CT molecular complexity index is 1310. The Morgan fingerprint density at radius 1 is 1.08 bits per heavy atom. The molecule has 190 valence electrons. The molecule has 9 heteroatoms. The van der Waals surface area contributed by atoms with Gasteiger partial charge in [0, 0.05) is 43.2 Å². The molecular weight excluding hydrogens is 470 g/mol. The van der Waals surface area contributed by atoms with E-state index in [1.807, 2.05) is 34.1 Å². The van der Waals surface area contributed by atoms with Crippen molar-refractivity contribution >= 4 is 17.7 Å². The molecule has 2 aliphatic carbocycles. The summed E-state index contributed by atoms with van der Waals surface area (Å²) in [6.07, 6.45) is 7.09. The number of hydrogen-bond donors (Lipinski definition) is 1. The van der Waals surface area contributed by atoms with Gasteiger partial charge in [-0.1, -0.05) is 12.1 Å². The van der Waals surface area contributed by atoms with E-state index in [4.69, 9.17) is 8.83 Å². The number of carbonyl (C=O) groups is 2. The second-order valence-corrected chi connectivity index (χ2v) is 10.2. The molecule has 1 aliphatic heterocycles. The van der Waals surface area contributed by atoms with E-state index in [2.05, 4.69) is 16.4 Å². The quantitative estimate of drug-likeness (QED) is 0.496. The lowest BCUT2D eigenvalue weighted by Crippen LogP contribution is -2.43. The number of nitriles is 1. The van der Waals surface area contributed by atoms with Gasteiger partial charge in [-0.05, 0) is 68.4 Å². The van der Waals surface area contributed by atoms with E-state index in [0.717, 1.165) is 31.2 Å². The van der Waals surface area contributed by atoms with Crippen LogP contribution in [0.15, 0.2) is 51.5 Å². The summed E-state index contributed by atoms with van der Waals surface area (Å²) in [5, 5.41) is 12.6. The molecule has 1 aromatic carbocycles. The number of piperidine rings is 1. The lowest BCUT2D eigenvalue weighted by molar-refractivity contribution is -0.137. The number of hydrogen-bond acceptors (Lipinski definition) is 7. The van der Waals surface area contributed by atoms with Crippen molar-refractivity contribution in [3.05, 3.63) is 59.5 Å². The summed E-state index contributed by atoms with van der Waals surface area (Å²) in [4.78, 5) is 34.1. The fourth-order valence-corrected chi connectivity index (χ4v) is 4.90. The zero-order valence-corrected chi connectivity index (χ0v) is 20.6. The molecule has 6 rings (SSSR count). The maximum atomic E-state index is 13.6. The third-order valence-electron chi connectivity index (χ3n) is 7.33. The summed E-state index contributed by atoms with van der Waals surface area (Å²) in [6, 6.07) is 13.8. The average molecular weight is 500 g/mol. The minimum atomic E-state index is -0.0709. The van der Waals surface area contributed by atoms with Gasteiger partial charge in [0.05, 0.1) is 6.26 Å². The van der Waals surface area contributed by atoms with Crippen molar-refractivity contribution in [2.24, 2.45) is 5.92 Å². The highest BCUT2D eigenvalue weighted by Gasteiger charge is 2.37. The Hall–Kier alpha value is -4.06. The monoisotopic (exact) mass is 499 g/mol. The van der Waals surface area contributed by atoms with Crippen LogP contribution in [0.1, 0.15) is 60.1 Å². The van der Waals surface area contributed by atoms with Crippen LogP contribution in [0.3, 0.4) is 0 Å². The van der Waals surface area contributed by atoms with Crippen LogP contribution in [0.25, 0.3) is 11.7 Å². The van der Waals surface area contributed by atoms with E-state index < -0.39 is 0 Å². The fourth-order valence-electron chi connectivity index (χ4n) is 4.90. The Morgan fingerprint density at radius 3 is 2.46 bits per heavy atom.